The van der Waals surface area contributed by atoms with Crippen LogP contribution in [0.25, 0.3) is 10.2 Å². The van der Waals surface area contributed by atoms with E-state index in [2.05, 4.69) is 24.8 Å². The van der Waals surface area contributed by atoms with Crippen LogP contribution in [0, 0.1) is 0 Å². The van der Waals surface area contributed by atoms with Gasteiger partial charge in [-0.3, -0.25) is 4.79 Å². The number of aromatic nitrogens is 1. The number of hydrogen-bond acceptors (Lipinski definition) is 5. The molecular weight excluding hydrogens is 410 g/mol. The highest BCUT2D eigenvalue weighted by Crippen LogP contribution is 2.31. The molecular formula is C21H22ClN3OS2. The van der Waals surface area contributed by atoms with Crippen LogP contribution < -0.4 is 4.90 Å². The molecule has 1 fully saturated rings. The maximum absolute atomic E-state index is 12.9. The Hall–Kier alpha value is -1.76. The number of carbonyl (C=O) groups excluding carboxylic acids is 1. The number of hydrogen-bond donors (Lipinski definition) is 0. The van der Waals surface area contributed by atoms with E-state index in [-0.39, 0.29) is 5.91 Å². The molecule has 0 atom stereocenters. The summed E-state index contributed by atoms with van der Waals surface area (Å²) in [5, 5.41) is 2.23. The van der Waals surface area contributed by atoms with Crippen molar-refractivity contribution in [2.45, 2.75) is 24.0 Å². The molecule has 3 aromatic rings. The van der Waals surface area contributed by atoms with E-state index in [0.29, 0.717) is 18.3 Å². The zero-order chi connectivity index (χ0) is 19.7. The molecule has 0 radical (unpaired) electrons. The summed E-state index contributed by atoms with van der Waals surface area (Å²) in [7, 11) is 0. The Morgan fingerprint density at radius 3 is 2.68 bits per heavy atom. The predicted octanol–water partition coefficient (Wildman–Crippen LogP) is 5.41. The lowest BCUT2D eigenvalue weighted by Crippen LogP contribution is -2.48. The molecule has 0 N–H and O–H groups in total. The van der Waals surface area contributed by atoms with Crippen LogP contribution in [-0.4, -0.2) is 47.2 Å². The van der Waals surface area contributed by atoms with E-state index in [1.54, 1.807) is 23.1 Å². The Kier molecular flexibility index (Phi) is 5.80. The van der Waals surface area contributed by atoms with Gasteiger partial charge in [-0.05, 0) is 36.4 Å². The minimum absolute atomic E-state index is 0.113. The first-order chi connectivity index (χ1) is 13.5. The van der Waals surface area contributed by atoms with Crippen molar-refractivity contribution in [1.29, 1.82) is 0 Å². The first kappa shape index (κ1) is 19.6. The summed E-state index contributed by atoms with van der Waals surface area (Å²) >= 11 is 9.52. The van der Waals surface area contributed by atoms with Crippen molar-refractivity contribution in [2.24, 2.45) is 0 Å². The smallest absolute Gasteiger partial charge is 0.254 e. The molecule has 1 saturated heterocycles. The van der Waals surface area contributed by atoms with Crippen molar-refractivity contribution < 1.29 is 4.79 Å². The van der Waals surface area contributed by atoms with Crippen molar-refractivity contribution >= 4 is 56.0 Å². The molecule has 0 saturated carbocycles. The minimum atomic E-state index is 0.113. The molecule has 2 heterocycles. The van der Waals surface area contributed by atoms with Gasteiger partial charge in [0.2, 0.25) is 0 Å². The fraction of sp³-hybridized carbons (Fsp3) is 0.333. The molecule has 1 amide bonds. The van der Waals surface area contributed by atoms with Crippen molar-refractivity contribution in [3.8, 4) is 0 Å². The predicted molar refractivity (Wildman–Crippen MR) is 120 cm³/mol. The number of amides is 1. The number of benzene rings is 2. The molecule has 0 spiro atoms. The van der Waals surface area contributed by atoms with Crippen LogP contribution in [0.1, 0.15) is 24.2 Å². The van der Waals surface area contributed by atoms with Crippen molar-refractivity contribution in [2.75, 3.05) is 31.1 Å². The van der Waals surface area contributed by atoms with Crippen LogP contribution in [0.3, 0.4) is 0 Å². The molecule has 28 heavy (non-hydrogen) atoms. The Morgan fingerprint density at radius 2 is 1.93 bits per heavy atom. The van der Waals surface area contributed by atoms with Gasteiger partial charge in [-0.2, -0.15) is 0 Å². The lowest BCUT2D eigenvalue weighted by atomic mass is 10.2. The van der Waals surface area contributed by atoms with Gasteiger partial charge in [0.25, 0.3) is 5.91 Å². The third-order valence-corrected chi connectivity index (χ3v) is 6.94. The number of fused-ring (bicyclic) bond motifs is 1. The summed E-state index contributed by atoms with van der Waals surface area (Å²) in [6.45, 7) is 7.32. The fourth-order valence-electron chi connectivity index (χ4n) is 3.28. The average molecular weight is 432 g/mol. The number of rotatable bonds is 4. The topological polar surface area (TPSA) is 36.4 Å². The lowest BCUT2D eigenvalue weighted by molar-refractivity contribution is 0.0746. The van der Waals surface area contributed by atoms with E-state index >= 15 is 0 Å². The average Bonchev–Trinajstić information content (AvgIpc) is 3.10. The Balaban J connectivity index is 1.42. The van der Waals surface area contributed by atoms with Gasteiger partial charge in [0.15, 0.2) is 5.13 Å². The number of halogens is 1. The van der Waals surface area contributed by atoms with Gasteiger partial charge >= 0.3 is 0 Å². The van der Waals surface area contributed by atoms with Crippen LogP contribution >= 0.6 is 34.7 Å². The third-order valence-electron chi connectivity index (χ3n) is 4.63. The molecule has 0 aliphatic carbocycles. The number of anilines is 1. The van der Waals surface area contributed by atoms with E-state index in [1.165, 1.54) is 0 Å². The summed E-state index contributed by atoms with van der Waals surface area (Å²) in [5.74, 6) is 0.113. The Morgan fingerprint density at radius 1 is 1.14 bits per heavy atom. The van der Waals surface area contributed by atoms with Gasteiger partial charge in [0.05, 0.1) is 10.2 Å². The molecule has 4 rings (SSSR count). The third kappa shape index (κ3) is 4.29. The van der Waals surface area contributed by atoms with Gasteiger partial charge < -0.3 is 9.80 Å². The number of thioether (sulfide) groups is 1. The number of thiazole rings is 1. The highest BCUT2D eigenvalue weighted by molar-refractivity contribution is 7.99. The van der Waals surface area contributed by atoms with E-state index in [9.17, 15) is 4.79 Å². The number of piperazine rings is 1. The SMILES string of the molecule is CC(C)Sc1cccc(C(=O)N2CCN(c3nc4ccc(Cl)cc4s3)CC2)c1. The molecule has 0 unspecified atom stereocenters. The highest BCUT2D eigenvalue weighted by Gasteiger charge is 2.24. The maximum Gasteiger partial charge on any atom is 0.254 e. The van der Waals surface area contributed by atoms with Crippen LogP contribution in [0.4, 0.5) is 5.13 Å². The summed E-state index contributed by atoms with van der Waals surface area (Å²) in [4.78, 5) is 23.0. The Labute approximate surface area is 178 Å². The summed E-state index contributed by atoms with van der Waals surface area (Å²) in [6.07, 6.45) is 0. The molecule has 1 aromatic heterocycles. The summed E-state index contributed by atoms with van der Waals surface area (Å²) in [6, 6.07) is 13.8. The first-order valence-corrected chi connectivity index (χ1v) is 11.4. The van der Waals surface area contributed by atoms with Crippen LogP contribution in [0.2, 0.25) is 5.02 Å². The second-order valence-corrected chi connectivity index (χ2v) is 10.2. The standard InChI is InChI=1S/C21H22ClN3OS2/c1-14(2)27-17-5-3-4-15(12-17)20(26)24-8-10-25(11-9-24)21-23-18-7-6-16(22)13-19(18)28-21/h3-7,12-14H,8-11H2,1-2H3. The first-order valence-electron chi connectivity index (χ1n) is 9.36. The van der Waals surface area contributed by atoms with Crippen LogP contribution in [-0.2, 0) is 0 Å². The summed E-state index contributed by atoms with van der Waals surface area (Å²) < 4.78 is 1.10. The van der Waals surface area contributed by atoms with E-state index < -0.39 is 0 Å². The zero-order valence-electron chi connectivity index (χ0n) is 15.9. The lowest BCUT2D eigenvalue weighted by Gasteiger charge is -2.34. The van der Waals surface area contributed by atoms with E-state index in [1.807, 2.05) is 41.3 Å². The molecule has 0 bridgehead atoms. The second-order valence-electron chi connectivity index (χ2n) is 7.08. The zero-order valence-corrected chi connectivity index (χ0v) is 18.3. The van der Waals surface area contributed by atoms with Gasteiger partial charge in [-0.25, -0.2) is 4.98 Å². The number of carbonyl (C=O) groups is 1. The maximum atomic E-state index is 12.9. The second kappa shape index (κ2) is 8.31. The fourth-order valence-corrected chi connectivity index (χ4v) is 5.47. The molecule has 146 valence electrons. The monoisotopic (exact) mass is 431 g/mol. The van der Waals surface area contributed by atoms with Crippen molar-refractivity contribution in [1.82, 2.24) is 9.88 Å². The number of nitrogens with zero attached hydrogens (tertiary/aromatic N) is 3. The molecule has 1 aliphatic heterocycles. The van der Waals surface area contributed by atoms with Gasteiger partial charge in [0.1, 0.15) is 0 Å². The van der Waals surface area contributed by atoms with Crippen molar-refractivity contribution in [3.05, 3.63) is 53.1 Å². The molecule has 2 aromatic carbocycles. The Bertz CT molecular complexity index is 996. The van der Waals surface area contributed by atoms with Gasteiger partial charge in [0, 0.05) is 46.9 Å². The van der Waals surface area contributed by atoms with Gasteiger partial charge in [-0.1, -0.05) is 42.9 Å². The molecule has 4 nitrogen and oxygen atoms in total. The minimum Gasteiger partial charge on any atom is -0.345 e. The van der Waals surface area contributed by atoms with E-state index in [0.717, 1.165) is 43.9 Å². The van der Waals surface area contributed by atoms with Gasteiger partial charge in [-0.15, -0.1) is 11.8 Å². The molecule has 1 aliphatic rings. The van der Waals surface area contributed by atoms with E-state index in [4.69, 9.17) is 16.6 Å². The molecule has 7 heteroatoms. The summed E-state index contributed by atoms with van der Waals surface area (Å²) in [5.41, 5.74) is 1.75. The largest absolute Gasteiger partial charge is 0.345 e. The van der Waals surface area contributed by atoms with Crippen LogP contribution in [0.5, 0.6) is 0 Å². The highest BCUT2D eigenvalue weighted by atomic mass is 35.5. The van der Waals surface area contributed by atoms with Crippen molar-refractivity contribution in [3.63, 3.8) is 0 Å². The normalized spacial score (nSPS) is 14.9. The quantitative estimate of drug-likeness (QED) is 0.517. The van der Waals surface area contributed by atoms with Crippen LogP contribution in [0.15, 0.2) is 47.4 Å².